The number of β-lactam (4-membered cyclic amide) rings is 1. The second-order valence-corrected chi connectivity index (χ2v) is 13.6. The van der Waals surface area contributed by atoms with Crippen LogP contribution in [-0.4, -0.2) is 89.4 Å². The lowest BCUT2D eigenvalue weighted by atomic mass is 10.0. The highest BCUT2D eigenvalue weighted by molar-refractivity contribution is 8.05. The molecule has 7 N–H and O–H groups in total. The summed E-state index contributed by atoms with van der Waals surface area (Å²) in [6.45, 7) is 0.572. The van der Waals surface area contributed by atoms with Gasteiger partial charge >= 0.3 is 5.97 Å². The Bertz CT molecular complexity index is 1260. The molecule has 2 amide bonds. The zero-order chi connectivity index (χ0) is 27.4. The molecule has 12 nitrogen and oxygen atoms in total. The summed E-state index contributed by atoms with van der Waals surface area (Å²) in [6.07, 6.45) is 4.23. The van der Waals surface area contributed by atoms with E-state index in [1.807, 2.05) is 0 Å². The molecule has 0 saturated carbocycles. The van der Waals surface area contributed by atoms with Crippen LogP contribution in [0.25, 0.3) is 0 Å². The van der Waals surface area contributed by atoms with E-state index in [-0.39, 0.29) is 27.5 Å². The largest absolute Gasteiger partial charge is 0.480 e. The molecule has 3 atom stereocenters. The molecule has 0 spiro atoms. The van der Waals surface area contributed by atoms with E-state index >= 15 is 0 Å². The Morgan fingerprint density at radius 2 is 2.21 bits per heavy atom. The molecule has 2 aliphatic heterocycles. The highest BCUT2D eigenvalue weighted by Crippen LogP contribution is 2.47. The molecular formula is C21H24ClN7O5S4. The number of amides is 2. The summed E-state index contributed by atoms with van der Waals surface area (Å²) in [5.41, 5.74) is 11.5. The maximum atomic E-state index is 13.0. The first-order valence-electron chi connectivity index (χ1n) is 11.2. The van der Waals surface area contributed by atoms with Gasteiger partial charge in [-0.3, -0.25) is 19.4 Å². The zero-order valence-electron chi connectivity index (χ0n) is 19.7. The fourth-order valence-corrected chi connectivity index (χ4v) is 8.77. The third-order valence-corrected chi connectivity index (χ3v) is 11.1. The molecule has 17 heteroatoms. The first kappa shape index (κ1) is 28.8. The second kappa shape index (κ2) is 12.3. The minimum atomic E-state index is -1.28. The number of carboxylic acids is 1. The Hall–Kier alpha value is -2.24. The standard InChI is InChI=1S/C21H24ClN7O5S4/c22-15-12(27-20(24)37-15)13(28-34)16(30)26-14-17(31)29-8-21(19(32)33,9-36-18(14)29)38-11-2-4-25-6-10(11)7-35-5-1-3-23/h2,4,6,14,18,34H,1,3,5,7-9,23H2,(H2,24,27)(H,26,30)(H,32,33)/t14-,18-,21?/m1/s1. The molecular weight excluding hydrogens is 594 g/mol. The molecule has 1 unspecified atom stereocenters. The fraction of sp³-hybridized carbons (Fsp3) is 0.429. The Balaban J connectivity index is 1.44. The summed E-state index contributed by atoms with van der Waals surface area (Å²) < 4.78 is -1.22. The number of nitrogens with zero attached hydrogens (tertiary/aromatic N) is 4. The van der Waals surface area contributed by atoms with Crippen molar-refractivity contribution in [2.45, 2.75) is 33.2 Å². The number of oxime groups is 1. The molecule has 0 aliphatic carbocycles. The number of carbonyl (C=O) groups is 3. The molecule has 2 fully saturated rings. The van der Waals surface area contributed by atoms with E-state index in [4.69, 9.17) is 23.1 Å². The normalized spacial score (nSPS) is 23.1. The van der Waals surface area contributed by atoms with Crippen molar-refractivity contribution in [3.63, 3.8) is 0 Å². The number of nitrogen functional groups attached to an aromatic ring is 1. The molecule has 0 aromatic carbocycles. The second-order valence-electron chi connectivity index (χ2n) is 8.32. The van der Waals surface area contributed by atoms with E-state index < -0.39 is 39.7 Å². The number of thioether (sulfide) groups is 3. The number of hydrogen-bond acceptors (Lipinski definition) is 13. The highest BCUT2D eigenvalue weighted by Gasteiger charge is 2.58. The van der Waals surface area contributed by atoms with Crippen LogP contribution >= 0.6 is 58.2 Å². The quantitative estimate of drug-likeness (QED) is 0.0803. The van der Waals surface area contributed by atoms with Crippen LogP contribution in [0.4, 0.5) is 5.13 Å². The number of carboxylic acid groups (broad SMARTS) is 1. The van der Waals surface area contributed by atoms with Crippen molar-refractivity contribution in [1.29, 1.82) is 0 Å². The summed E-state index contributed by atoms with van der Waals surface area (Å²) >= 11 is 11.1. The fourth-order valence-electron chi connectivity index (χ4n) is 3.86. The van der Waals surface area contributed by atoms with Crippen LogP contribution in [-0.2, 0) is 20.1 Å². The van der Waals surface area contributed by atoms with Gasteiger partial charge in [0, 0.05) is 35.3 Å². The van der Waals surface area contributed by atoms with Gasteiger partial charge < -0.3 is 32.0 Å². The number of thiazole rings is 1. The Kier molecular flexibility index (Phi) is 9.31. The molecule has 2 aromatic heterocycles. The third-order valence-electron chi connectivity index (χ3n) is 5.79. The number of aliphatic carboxylic acids is 1. The first-order chi connectivity index (χ1) is 18.2. The smallest absolute Gasteiger partial charge is 0.322 e. The molecule has 4 rings (SSSR count). The number of pyridine rings is 1. The lowest BCUT2D eigenvalue weighted by Gasteiger charge is -2.53. The molecule has 0 bridgehead atoms. The highest BCUT2D eigenvalue weighted by atomic mass is 35.5. The van der Waals surface area contributed by atoms with E-state index in [2.05, 4.69) is 20.4 Å². The van der Waals surface area contributed by atoms with E-state index in [1.165, 1.54) is 28.4 Å². The van der Waals surface area contributed by atoms with Crippen molar-refractivity contribution in [3.8, 4) is 0 Å². The number of halogens is 1. The SMILES string of the molecule is NCCCSCc1cnccc1SC1(C(=O)O)CS[C@@H]2[C@H](NC(=O)C(=NO)c3nc(N)sc3Cl)C(=O)N2C1. The van der Waals surface area contributed by atoms with E-state index in [1.54, 1.807) is 30.2 Å². The molecule has 38 heavy (non-hydrogen) atoms. The van der Waals surface area contributed by atoms with Gasteiger partial charge in [-0.05, 0) is 30.3 Å². The van der Waals surface area contributed by atoms with E-state index in [0.717, 1.165) is 34.0 Å². The minimum absolute atomic E-state index is 0.0344. The van der Waals surface area contributed by atoms with Gasteiger partial charge in [-0.15, -0.1) is 23.5 Å². The molecule has 2 aliphatic rings. The minimum Gasteiger partial charge on any atom is -0.480 e. The summed E-state index contributed by atoms with van der Waals surface area (Å²) in [7, 11) is 0. The number of aromatic nitrogens is 2. The van der Waals surface area contributed by atoms with E-state index in [0.29, 0.717) is 12.3 Å². The maximum Gasteiger partial charge on any atom is 0.322 e. The van der Waals surface area contributed by atoms with Crippen molar-refractivity contribution in [2.75, 3.05) is 30.3 Å². The Labute approximate surface area is 239 Å². The van der Waals surface area contributed by atoms with Gasteiger partial charge in [0.25, 0.3) is 5.91 Å². The van der Waals surface area contributed by atoms with Gasteiger partial charge in [-0.25, -0.2) is 4.98 Å². The van der Waals surface area contributed by atoms with Gasteiger partial charge in [0.1, 0.15) is 26.2 Å². The van der Waals surface area contributed by atoms with Crippen LogP contribution < -0.4 is 16.8 Å². The van der Waals surface area contributed by atoms with Crippen LogP contribution in [0.15, 0.2) is 28.5 Å². The molecule has 0 radical (unpaired) electrons. The zero-order valence-corrected chi connectivity index (χ0v) is 23.7. The van der Waals surface area contributed by atoms with Crippen LogP contribution in [0.1, 0.15) is 17.7 Å². The van der Waals surface area contributed by atoms with Crippen molar-refractivity contribution < 1.29 is 24.7 Å². The Morgan fingerprint density at radius 1 is 1.42 bits per heavy atom. The van der Waals surface area contributed by atoms with Gasteiger partial charge in [-0.2, -0.15) is 11.8 Å². The topological polar surface area (TPSA) is 197 Å². The maximum absolute atomic E-state index is 13.0. The lowest BCUT2D eigenvalue weighted by molar-refractivity contribution is -0.151. The predicted molar refractivity (Wildman–Crippen MR) is 150 cm³/mol. The molecule has 4 heterocycles. The Morgan fingerprint density at radius 3 is 2.87 bits per heavy atom. The summed E-state index contributed by atoms with van der Waals surface area (Å²) in [5.74, 6) is -0.561. The number of rotatable bonds is 11. The van der Waals surface area contributed by atoms with Gasteiger partial charge in [0.15, 0.2) is 10.8 Å². The average Bonchev–Trinajstić information content (AvgIpc) is 3.23. The number of carbonyl (C=O) groups excluding carboxylic acids is 2. The van der Waals surface area contributed by atoms with Crippen molar-refractivity contribution in [1.82, 2.24) is 20.2 Å². The summed E-state index contributed by atoms with van der Waals surface area (Å²) in [6, 6.07) is 0.865. The number of fused-ring (bicyclic) bond motifs is 1. The van der Waals surface area contributed by atoms with Crippen LogP contribution in [0, 0.1) is 0 Å². The van der Waals surface area contributed by atoms with Gasteiger partial charge in [-0.1, -0.05) is 28.1 Å². The number of nitrogens with two attached hydrogens (primary N) is 2. The monoisotopic (exact) mass is 617 g/mol. The van der Waals surface area contributed by atoms with E-state index in [9.17, 15) is 24.7 Å². The summed E-state index contributed by atoms with van der Waals surface area (Å²) in [5, 5.41) is 24.7. The molecule has 2 saturated heterocycles. The third kappa shape index (κ3) is 5.84. The molecule has 2 aromatic rings. The van der Waals surface area contributed by atoms with Crippen LogP contribution in [0.5, 0.6) is 0 Å². The molecule has 204 valence electrons. The van der Waals surface area contributed by atoms with Gasteiger partial charge in [0.05, 0.1) is 0 Å². The number of hydrogen-bond donors (Lipinski definition) is 5. The average molecular weight is 618 g/mol. The lowest BCUT2D eigenvalue weighted by Crippen LogP contribution is -2.74. The number of nitrogens with one attached hydrogen (secondary N) is 1. The van der Waals surface area contributed by atoms with Gasteiger partial charge in [0.2, 0.25) is 5.91 Å². The number of anilines is 1. The van der Waals surface area contributed by atoms with Crippen molar-refractivity contribution in [3.05, 3.63) is 34.1 Å². The van der Waals surface area contributed by atoms with Crippen molar-refractivity contribution >= 4 is 86.9 Å². The summed E-state index contributed by atoms with van der Waals surface area (Å²) in [4.78, 5) is 48.6. The van der Waals surface area contributed by atoms with Crippen LogP contribution in [0.2, 0.25) is 4.34 Å². The van der Waals surface area contributed by atoms with Crippen LogP contribution in [0.3, 0.4) is 0 Å². The first-order valence-corrected chi connectivity index (χ1v) is 15.4. The van der Waals surface area contributed by atoms with Crippen molar-refractivity contribution in [2.24, 2.45) is 10.9 Å². The predicted octanol–water partition coefficient (Wildman–Crippen LogP) is 1.55.